The average molecular weight is 233 g/mol. The molecule has 1 N–H and O–H groups in total. The summed E-state index contributed by atoms with van der Waals surface area (Å²) in [4.78, 5) is 4.06. The van der Waals surface area contributed by atoms with Crippen LogP contribution in [0, 0.1) is 0 Å². The van der Waals surface area contributed by atoms with Gasteiger partial charge >= 0.3 is 0 Å². The number of rotatable bonds is 4. The van der Waals surface area contributed by atoms with Gasteiger partial charge in [0.2, 0.25) is 0 Å². The van der Waals surface area contributed by atoms with Crippen LogP contribution < -0.4 is 4.74 Å². The molecule has 0 unspecified atom stereocenters. The summed E-state index contributed by atoms with van der Waals surface area (Å²) in [5, 5.41) is 13.3. The Morgan fingerprint density at radius 3 is 2.59 bits per heavy atom. The van der Waals surface area contributed by atoms with E-state index < -0.39 is 6.10 Å². The van der Waals surface area contributed by atoms with Crippen LogP contribution in [-0.2, 0) is 13.7 Å². The number of ether oxygens (including phenoxy) is 1. The highest BCUT2D eigenvalue weighted by atomic mass is 16.5. The molecule has 0 saturated heterocycles. The van der Waals surface area contributed by atoms with Gasteiger partial charge in [0.05, 0.1) is 6.10 Å². The fourth-order valence-electron chi connectivity index (χ4n) is 1.44. The molecule has 2 aromatic rings. The predicted molar refractivity (Wildman–Crippen MR) is 62.4 cm³/mol. The van der Waals surface area contributed by atoms with E-state index in [1.165, 1.54) is 6.33 Å². The molecular formula is C12H15N3O2. The number of hydrogen-bond donors (Lipinski definition) is 1. The Morgan fingerprint density at radius 1 is 1.35 bits per heavy atom. The molecular weight excluding hydrogens is 218 g/mol. The van der Waals surface area contributed by atoms with E-state index in [0.717, 1.165) is 17.1 Å². The Morgan fingerprint density at radius 2 is 2.06 bits per heavy atom. The van der Waals surface area contributed by atoms with Crippen molar-refractivity contribution in [3.63, 3.8) is 0 Å². The van der Waals surface area contributed by atoms with Crippen molar-refractivity contribution in [1.29, 1.82) is 0 Å². The Balaban J connectivity index is 1.98. The zero-order chi connectivity index (χ0) is 12.3. The molecule has 0 aliphatic heterocycles. The van der Waals surface area contributed by atoms with Gasteiger partial charge < -0.3 is 9.84 Å². The minimum Gasteiger partial charge on any atom is -0.486 e. The van der Waals surface area contributed by atoms with Gasteiger partial charge in [-0.05, 0) is 24.6 Å². The lowest BCUT2D eigenvalue weighted by Crippen LogP contribution is -2.04. The minimum absolute atomic E-state index is 0.379. The van der Waals surface area contributed by atoms with Crippen LogP contribution in [0.15, 0.2) is 30.6 Å². The maximum absolute atomic E-state index is 9.37. The van der Waals surface area contributed by atoms with Crippen LogP contribution in [0.5, 0.6) is 5.75 Å². The van der Waals surface area contributed by atoms with Crippen LogP contribution >= 0.6 is 0 Å². The van der Waals surface area contributed by atoms with E-state index in [4.69, 9.17) is 4.74 Å². The summed E-state index contributed by atoms with van der Waals surface area (Å²) in [5.41, 5.74) is 0.871. The second-order valence-corrected chi connectivity index (χ2v) is 3.83. The molecule has 2 rings (SSSR count). The standard InChI is InChI=1S/C12H15N3O2/c1-9(16)10-3-5-11(6-4-10)17-7-12-13-8-14-15(12)2/h3-6,8-9,16H,7H2,1-2H3/t9-/m0/s1. The highest BCUT2D eigenvalue weighted by molar-refractivity contribution is 5.28. The molecule has 1 aromatic carbocycles. The molecule has 5 heteroatoms. The summed E-state index contributed by atoms with van der Waals surface area (Å²) in [5.74, 6) is 1.52. The van der Waals surface area contributed by atoms with Gasteiger partial charge in [-0.1, -0.05) is 12.1 Å². The van der Waals surface area contributed by atoms with Crippen molar-refractivity contribution >= 4 is 0 Å². The van der Waals surface area contributed by atoms with E-state index >= 15 is 0 Å². The van der Waals surface area contributed by atoms with Crippen molar-refractivity contribution in [2.45, 2.75) is 19.6 Å². The summed E-state index contributed by atoms with van der Waals surface area (Å²) in [6.07, 6.45) is 1.04. The molecule has 1 atom stereocenters. The van der Waals surface area contributed by atoms with Crippen LogP contribution in [0.1, 0.15) is 24.4 Å². The van der Waals surface area contributed by atoms with Crippen molar-refractivity contribution in [3.05, 3.63) is 42.0 Å². The first-order valence-corrected chi connectivity index (χ1v) is 5.40. The fourth-order valence-corrected chi connectivity index (χ4v) is 1.44. The first-order chi connectivity index (χ1) is 8.16. The molecule has 0 fully saturated rings. The van der Waals surface area contributed by atoms with Gasteiger partial charge in [0, 0.05) is 7.05 Å². The molecule has 0 spiro atoms. The molecule has 0 amide bonds. The van der Waals surface area contributed by atoms with E-state index in [0.29, 0.717) is 6.61 Å². The molecule has 1 heterocycles. The predicted octanol–water partition coefficient (Wildman–Crippen LogP) is 1.45. The molecule has 1 aromatic heterocycles. The maximum Gasteiger partial charge on any atom is 0.164 e. The third-order valence-corrected chi connectivity index (χ3v) is 2.54. The van der Waals surface area contributed by atoms with Gasteiger partial charge in [-0.2, -0.15) is 5.10 Å². The highest BCUT2D eigenvalue weighted by Crippen LogP contribution is 2.17. The average Bonchev–Trinajstić information content (AvgIpc) is 2.73. The molecule has 0 saturated carbocycles. The lowest BCUT2D eigenvalue weighted by Gasteiger charge is -2.08. The third-order valence-electron chi connectivity index (χ3n) is 2.54. The number of benzene rings is 1. The molecule has 5 nitrogen and oxygen atoms in total. The largest absolute Gasteiger partial charge is 0.486 e. The molecule has 0 aliphatic carbocycles. The fraction of sp³-hybridized carbons (Fsp3) is 0.333. The Labute approximate surface area is 99.7 Å². The van der Waals surface area contributed by atoms with Crippen LogP contribution in [-0.4, -0.2) is 19.9 Å². The summed E-state index contributed by atoms with van der Waals surface area (Å²) in [6, 6.07) is 7.35. The lowest BCUT2D eigenvalue weighted by molar-refractivity contribution is 0.199. The number of aliphatic hydroxyl groups excluding tert-OH is 1. The normalized spacial score (nSPS) is 12.4. The van der Waals surface area contributed by atoms with Crippen molar-refractivity contribution < 1.29 is 9.84 Å². The SMILES string of the molecule is C[C@H](O)c1ccc(OCc2ncnn2C)cc1. The molecule has 0 aliphatic rings. The van der Waals surface area contributed by atoms with E-state index in [2.05, 4.69) is 10.1 Å². The third kappa shape index (κ3) is 2.82. The molecule has 17 heavy (non-hydrogen) atoms. The van der Waals surface area contributed by atoms with Crippen molar-refractivity contribution in [3.8, 4) is 5.75 Å². The monoisotopic (exact) mass is 233 g/mol. The molecule has 0 bridgehead atoms. The molecule has 90 valence electrons. The first kappa shape index (κ1) is 11.6. The first-order valence-electron chi connectivity index (χ1n) is 5.40. The van der Waals surface area contributed by atoms with E-state index in [9.17, 15) is 5.11 Å². The summed E-state index contributed by atoms with van der Waals surface area (Å²) >= 11 is 0. The topological polar surface area (TPSA) is 60.2 Å². The second kappa shape index (κ2) is 4.97. The summed E-state index contributed by atoms with van der Waals surface area (Å²) in [6.45, 7) is 2.11. The van der Waals surface area contributed by atoms with Crippen LogP contribution in [0.25, 0.3) is 0 Å². The van der Waals surface area contributed by atoms with Gasteiger partial charge in [0.25, 0.3) is 0 Å². The van der Waals surface area contributed by atoms with Gasteiger partial charge in [0.15, 0.2) is 5.82 Å². The summed E-state index contributed by atoms with van der Waals surface area (Å²) < 4.78 is 7.23. The lowest BCUT2D eigenvalue weighted by atomic mass is 10.1. The van der Waals surface area contributed by atoms with Crippen molar-refractivity contribution in [1.82, 2.24) is 14.8 Å². The summed E-state index contributed by atoms with van der Waals surface area (Å²) in [7, 11) is 1.82. The Kier molecular flexibility index (Phi) is 3.39. The van der Waals surface area contributed by atoms with Crippen LogP contribution in [0.4, 0.5) is 0 Å². The smallest absolute Gasteiger partial charge is 0.164 e. The molecule has 0 radical (unpaired) electrons. The number of nitrogens with zero attached hydrogens (tertiary/aromatic N) is 3. The van der Waals surface area contributed by atoms with Gasteiger partial charge in [-0.3, -0.25) is 4.68 Å². The quantitative estimate of drug-likeness (QED) is 0.868. The van der Waals surface area contributed by atoms with Crippen LogP contribution in [0.3, 0.4) is 0 Å². The number of aliphatic hydroxyl groups is 1. The van der Waals surface area contributed by atoms with Gasteiger partial charge in [0.1, 0.15) is 18.7 Å². The van der Waals surface area contributed by atoms with E-state index in [1.807, 2.05) is 31.3 Å². The van der Waals surface area contributed by atoms with Gasteiger partial charge in [-0.15, -0.1) is 0 Å². The van der Waals surface area contributed by atoms with Crippen molar-refractivity contribution in [2.24, 2.45) is 7.05 Å². The number of aryl methyl sites for hydroxylation is 1. The number of aromatic nitrogens is 3. The number of hydrogen-bond acceptors (Lipinski definition) is 4. The van der Waals surface area contributed by atoms with E-state index in [1.54, 1.807) is 11.6 Å². The second-order valence-electron chi connectivity index (χ2n) is 3.83. The minimum atomic E-state index is -0.456. The van der Waals surface area contributed by atoms with Crippen LogP contribution in [0.2, 0.25) is 0 Å². The Bertz CT molecular complexity index is 477. The highest BCUT2D eigenvalue weighted by Gasteiger charge is 2.03. The zero-order valence-electron chi connectivity index (χ0n) is 9.87. The zero-order valence-corrected chi connectivity index (χ0v) is 9.87. The van der Waals surface area contributed by atoms with Crippen molar-refractivity contribution in [2.75, 3.05) is 0 Å². The van der Waals surface area contributed by atoms with E-state index in [-0.39, 0.29) is 0 Å². The van der Waals surface area contributed by atoms with Gasteiger partial charge in [-0.25, -0.2) is 4.98 Å². The Hall–Kier alpha value is -1.88. The maximum atomic E-state index is 9.37.